The zero-order valence-corrected chi connectivity index (χ0v) is 14.9. The molecule has 120 valence electrons. The van der Waals surface area contributed by atoms with E-state index in [1.54, 1.807) is 0 Å². The fourth-order valence-corrected chi connectivity index (χ4v) is 2.50. The molecule has 1 heterocycles. The molecular weight excluding hydrogens is 295 g/mol. The fraction of sp³-hybridized carbons (Fsp3) is 0.529. The molecule has 0 N–H and O–H groups in total. The third-order valence-corrected chi connectivity index (χ3v) is 4.62. The molecule has 1 fully saturated rings. The molecule has 3 nitrogen and oxygen atoms in total. The van der Waals surface area contributed by atoms with Gasteiger partial charge < -0.3 is 14.0 Å². The minimum Gasteiger partial charge on any atom is -0.494 e. The first-order chi connectivity index (χ1) is 10.3. The van der Waals surface area contributed by atoms with E-state index in [1.807, 2.05) is 31.2 Å². The van der Waals surface area contributed by atoms with Crippen molar-refractivity contribution in [2.24, 2.45) is 0 Å². The molecule has 1 aromatic carbocycles. The Labute approximate surface area is 139 Å². The second kappa shape index (κ2) is 6.69. The average Bonchev–Trinajstić information content (AvgIpc) is 2.65. The van der Waals surface area contributed by atoms with Gasteiger partial charge in [-0.3, -0.25) is 0 Å². The summed E-state index contributed by atoms with van der Waals surface area (Å²) in [6.45, 7) is 10.9. The summed E-state index contributed by atoms with van der Waals surface area (Å²) in [5, 5.41) is 0. The normalized spacial score (nSPS) is 20.3. The largest absolute Gasteiger partial charge is 0.494 e. The Morgan fingerprint density at radius 3 is 2.41 bits per heavy atom. The summed E-state index contributed by atoms with van der Waals surface area (Å²) in [4.78, 5) is 0. The Bertz CT molecular complexity index is 539. The molecule has 0 spiro atoms. The Morgan fingerprint density at radius 1 is 1.23 bits per heavy atom. The molecule has 0 radical (unpaired) electrons. The average molecular weight is 320 g/mol. The van der Waals surface area contributed by atoms with Gasteiger partial charge in [0.15, 0.2) is 0 Å². The number of rotatable bonds is 5. The Hall–Kier alpha value is -0.905. The van der Waals surface area contributed by atoms with Gasteiger partial charge in [-0.1, -0.05) is 18.2 Å². The summed E-state index contributed by atoms with van der Waals surface area (Å²) in [5.41, 5.74) is 1.39. The SMILES string of the molecule is CCOc1cccc(C=C(CS)B2OC(C)(C)C(C)(C)O2)c1. The fourth-order valence-electron chi connectivity index (χ4n) is 2.26. The van der Waals surface area contributed by atoms with Crippen molar-refractivity contribution in [3.8, 4) is 5.75 Å². The van der Waals surface area contributed by atoms with E-state index in [1.165, 1.54) is 0 Å². The van der Waals surface area contributed by atoms with E-state index in [0.29, 0.717) is 12.4 Å². The molecule has 0 aliphatic carbocycles. The number of hydrogen-bond acceptors (Lipinski definition) is 4. The van der Waals surface area contributed by atoms with Crippen LogP contribution in [0.15, 0.2) is 29.7 Å². The quantitative estimate of drug-likeness (QED) is 0.656. The molecule has 0 amide bonds. The maximum absolute atomic E-state index is 6.10. The zero-order chi connectivity index (χ0) is 16.4. The van der Waals surface area contributed by atoms with Gasteiger partial charge in [-0.15, -0.1) is 0 Å². The molecule has 1 aliphatic heterocycles. The van der Waals surface area contributed by atoms with E-state index in [2.05, 4.69) is 46.4 Å². The maximum Gasteiger partial charge on any atom is 0.491 e. The number of hydrogen-bond donors (Lipinski definition) is 1. The Kier molecular flexibility index (Phi) is 5.31. The molecule has 0 bridgehead atoms. The van der Waals surface area contributed by atoms with E-state index in [-0.39, 0.29) is 18.3 Å². The minimum absolute atomic E-state index is 0.340. The third-order valence-electron chi connectivity index (χ3n) is 4.26. The summed E-state index contributed by atoms with van der Waals surface area (Å²) >= 11 is 4.44. The first kappa shape index (κ1) is 17.4. The van der Waals surface area contributed by atoms with Crippen LogP contribution in [0, 0.1) is 0 Å². The molecule has 0 atom stereocenters. The van der Waals surface area contributed by atoms with Crippen LogP contribution in [0.2, 0.25) is 0 Å². The van der Waals surface area contributed by atoms with Gasteiger partial charge in [-0.05, 0) is 57.8 Å². The second-order valence-corrected chi connectivity index (χ2v) is 6.79. The summed E-state index contributed by atoms with van der Waals surface area (Å²) in [6, 6.07) is 7.99. The lowest BCUT2D eigenvalue weighted by atomic mass is 9.78. The van der Waals surface area contributed by atoms with Crippen molar-refractivity contribution < 1.29 is 14.0 Å². The first-order valence-electron chi connectivity index (χ1n) is 7.69. The van der Waals surface area contributed by atoms with Crippen molar-refractivity contribution in [3.63, 3.8) is 0 Å². The maximum atomic E-state index is 6.10. The smallest absolute Gasteiger partial charge is 0.491 e. The van der Waals surface area contributed by atoms with Gasteiger partial charge in [0.25, 0.3) is 0 Å². The van der Waals surface area contributed by atoms with E-state index in [0.717, 1.165) is 16.8 Å². The highest BCUT2D eigenvalue weighted by Crippen LogP contribution is 2.39. The lowest BCUT2D eigenvalue weighted by Crippen LogP contribution is -2.41. The summed E-state index contributed by atoms with van der Waals surface area (Å²) in [5.74, 6) is 1.44. The van der Waals surface area contributed by atoms with Crippen LogP contribution in [0.3, 0.4) is 0 Å². The van der Waals surface area contributed by atoms with Crippen LogP contribution < -0.4 is 4.74 Å². The summed E-state index contributed by atoms with van der Waals surface area (Å²) in [6.07, 6.45) is 2.07. The van der Waals surface area contributed by atoms with Crippen molar-refractivity contribution in [1.82, 2.24) is 0 Å². The van der Waals surface area contributed by atoms with Crippen LogP contribution in [0.1, 0.15) is 40.2 Å². The van der Waals surface area contributed by atoms with Crippen molar-refractivity contribution >= 4 is 25.8 Å². The number of ether oxygens (including phenoxy) is 1. The van der Waals surface area contributed by atoms with E-state index in [9.17, 15) is 0 Å². The zero-order valence-electron chi connectivity index (χ0n) is 14.1. The van der Waals surface area contributed by atoms with E-state index < -0.39 is 0 Å². The molecule has 1 aromatic rings. The number of benzene rings is 1. The molecule has 2 rings (SSSR count). The van der Waals surface area contributed by atoms with E-state index >= 15 is 0 Å². The van der Waals surface area contributed by atoms with Gasteiger partial charge in [-0.2, -0.15) is 12.6 Å². The molecule has 22 heavy (non-hydrogen) atoms. The van der Waals surface area contributed by atoms with Crippen LogP contribution in [0.4, 0.5) is 0 Å². The van der Waals surface area contributed by atoms with Crippen LogP contribution in [-0.2, 0) is 9.31 Å². The summed E-state index contributed by atoms with van der Waals surface area (Å²) < 4.78 is 17.7. The van der Waals surface area contributed by atoms with Crippen LogP contribution >= 0.6 is 12.6 Å². The highest BCUT2D eigenvalue weighted by atomic mass is 32.1. The number of thiol groups is 1. The lowest BCUT2D eigenvalue weighted by molar-refractivity contribution is 0.00578. The van der Waals surface area contributed by atoms with Gasteiger partial charge in [-0.25, -0.2) is 0 Å². The van der Waals surface area contributed by atoms with Crippen molar-refractivity contribution in [2.45, 2.75) is 45.8 Å². The first-order valence-corrected chi connectivity index (χ1v) is 8.32. The topological polar surface area (TPSA) is 27.7 Å². The highest BCUT2D eigenvalue weighted by molar-refractivity contribution is 7.80. The molecule has 5 heteroatoms. The van der Waals surface area contributed by atoms with Gasteiger partial charge in [0.05, 0.1) is 17.8 Å². The molecule has 0 unspecified atom stereocenters. The Morgan fingerprint density at radius 2 is 1.86 bits per heavy atom. The third kappa shape index (κ3) is 3.70. The van der Waals surface area contributed by atoms with Gasteiger partial charge in [0.1, 0.15) is 5.75 Å². The highest BCUT2D eigenvalue weighted by Gasteiger charge is 2.52. The van der Waals surface area contributed by atoms with E-state index in [4.69, 9.17) is 14.0 Å². The van der Waals surface area contributed by atoms with Gasteiger partial charge >= 0.3 is 7.12 Å². The second-order valence-electron chi connectivity index (χ2n) is 6.47. The standard InChI is InChI=1S/C17H25BO3S/c1-6-19-15-9-7-8-13(11-15)10-14(12-22)18-20-16(2,3)17(4,5)21-18/h7-11,22H,6,12H2,1-5H3. The lowest BCUT2D eigenvalue weighted by Gasteiger charge is -2.32. The Balaban J connectivity index is 2.23. The van der Waals surface area contributed by atoms with Crippen molar-refractivity contribution in [1.29, 1.82) is 0 Å². The molecule has 1 saturated heterocycles. The van der Waals surface area contributed by atoms with Gasteiger partial charge in [0.2, 0.25) is 0 Å². The van der Waals surface area contributed by atoms with Crippen molar-refractivity contribution in [3.05, 3.63) is 35.3 Å². The van der Waals surface area contributed by atoms with Crippen LogP contribution in [0.5, 0.6) is 5.75 Å². The van der Waals surface area contributed by atoms with Gasteiger partial charge in [0, 0.05) is 5.75 Å². The monoisotopic (exact) mass is 320 g/mol. The summed E-state index contributed by atoms with van der Waals surface area (Å²) in [7, 11) is -0.363. The molecule has 1 aliphatic rings. The predicted octanol–water partition coefficient (Wildman–Crippen LogP) is 4.03. The van der Waals surface area contributed by atoms with Crippen LogP contribution in [0.25, 0.3) is 6.08 Å². The molecule has 0 aromatic heterocycles. The molecule has 0 saturated carbocycles. The van der Waals surface area contributed by atoms with Crippen LogP contribution in [-0.4, -0.2) is 30.7 Å². The molecular formula is C17H25BO3S. The predicted molar refractivity (Wildman–Crippen MR) is 95.5 cm³/mol. The minimum atomic E-state index is -0.363. The van der Waals surface area contributed by atoms with Crippen molar-refractivity contribution in [2.75, 3.05) is 12.4 Å².